The SMILES string of the molecule is CC(C)[SH]1=NCCCN=1. The molecule has 0 amide bonds. The number of hydrogen-bond donors (Lipinski definition) is 1. The zero-order chi connectivity index (χ0) is 6.69. The van der Waals surface area contributed by atoms with E-state index in [0.717, 1.165) is 13.1 Å². The first-order valence-corrected chi connectivity index (χ1v) is 4.76. The Morgan fingerprint density at radius 3 is 2.11 bits per heavy atom. The molecular formula is C6H14N2S. The first kappa shape index (κ1) is 7.06. The van der Waals surface area contributed by atoms with Crippen molar-refractivity contribution in [3.8, 4) is 0 Å². The van der Waals surface area contributed by atoms with Crippen LogP contribution >= 0.6 is 0 Å². The van der Waals surface area contributed by atoms with Crippen molar-refractivity contribution in [3.63, 3.8) is 0 Å². The molecule has 0 fully saturated rings. The van der Waals surface area contributed by atoms with E-state index in [2.05, 4.69) is 22.6 Å². The fourth-order valence-corrected chi connectivity index (χ4v) is 2.22. The Balaban J connectivity index is 2.68. The number of thiol groups is 1. The van der Waals surface area contributed by atoms with Gasteiger partial charge in [-0.05, 0) is 6.42 Å². The monoisotopic (exact) mass is 146 g/mol. The lowest BCUT2D eigenvalue weighted by Crippen LogP contribution is -2.02. The second-order valence-electron chi connectivity index (χ2n) is 2.50. The molecule has 1 aliphatic heterocycles. The number of hydrogen-bond acceptors (Lipinski definition) is 2. The molecule has 0 aromatic carbocycles. The molecule has 0 saturated carbocycles. The quantitative estimate of drug-likeness (QED) is 0.542. The Hall–Kier alpha value is -0.0500. The van der Waals surface area contributed by atoms with Crippen LogP contribution in [0.25, 0.3) is 0 Å². The first-order valence-electron chi connectivity index (χ1n) is 3.45. The van der Waals surface area contributed by atoms with Gasteiger partial charge in [0.1, 0.15) is 0 Å². The maximum absolute atomic E-state index is 4.43. The Morgan fingerprint density at radius 2 is 1.78 bits per heavy atom. The van der Waals surface area contributed by atoms with E-state index >= 15 is 0 Å². The third-order valence-electron chi connectivity index (χ3n) is 1.27. The van der Waals surface area contributed by atoms with E-state index in [1.165, 1.54) is 6.42 Å². The zero-order valence-corrected chi connectivity index (χ0v) is 6.93. The molecule has 0 unspecified atom stereocenters. The van der Waals surface area contributed by atoms with Gasteiger partial charge in [-0.25, -0.2) is 0 Å². The van der Waals surface area contributed by atoms with Gasteiger partial charge in [0.15, 0.2) is 0 Å². The molecule has 0 N–H and O–H groups in total. The van der Waals surface area contributed by atoms with E-state index in [1.807, 2.05) is 0 Å². The van der Waals surface area contributed by atoms with Gasteiger partial charge < -0.3 is 0 Å². The molecule has 1 aliphatic rings. The van der Waals surface area contributed by atoms with Gasteiger partial charge in [0.05, 0.1) is 0 Å². The van der Waals surface area contributed by atoms with E-state index < -0.39 is 0 Å². The van der Waals surface area contributed by atoms with Crippen LogP contribution in [0.1, 0.15) is 20.3 Å². The molecule has 0 atom stereocenters. The van der Waals surface area contributed by atoms with Crippen molar-refractivity contribution < 1.29 is 0 Å². The van der Waals surface area contributed by atoms with Crippen molar-refractivity contribution >= 4 is 10.5 Å². The minimum Gasteiger partial charge on any atom is -0.257 e. The summed E-state index contributed by atoms with van der Waals surface area (Å²) in [6.07, 6.45) is 1.17. The Bertz CT molecular complexity index is 154. The largest absolute Gasteiger partial charge is 0.257 e. The molecule has 0 radical (unpaired) electrons. The van der Waals surface area contributed by atoms with Crippen LogP contribution < -0.4 is 0 Å². The third-order valence-corrected chi connectivity index (χ3v) is 3.17. The molecular weight excluding hydrogens is 132 g/mol. The predicted octanol–water partition coefficient (Wildman–Crippen LogP) is 1.52. The lowest BCUT2D eigenvalue weighted by Gasteiger charge is -2.06. The normalized spacial score (nSPS) is 21.2. The highest BCUT2D eigenvalue weighted by Crippen LogP contribution is 2.00. The van der Waals surface area contributed by atoms with Crippen LogP contribution in [0, 0.1) is 0 Å². The summed E-state index contributed by atoms with van der Waals surface area (Å²) in [6, 6.07) is 0. The highest BCUT2D eigenvalue weighted by molar-refractivity contribution is 7.77. The maximum atomic E-state index is 4.43. The molecule has 54 valence electrons. The van der Waals surface area contributed by atoms with Gasteiger partial charge >= 0.3 is 0 Å². The van der Waals surface area contributed by atoms with Gasteiger partial charge in [0.2, 0.25) is 0 Å². The summed E-state index contributed by atoms with van der Waals surface area (Å²) in [5.41, 5.74) is 0. The van der Waals surface area contributed by atoms with E-state index in [4.69, 9.17) is 0 Å². The lowest BCUT2D eigenvalue weighted by atomic mass is 10.4. The average molecular weight is 146 g/mol. The molecule has 0 saturated heterocycles. The van der Waals surface area contributed by atoms with E-state index in [9.17, 15) is 0 Å². The fourth-order valence-electron chi connectivity index (χ4n) is 0.788. The van der Waals surface area contributed by atoms with Crippen LogP contribution in [0.3, 0.4) is 0 Å². The minimum absolute atomic E-state index is 0.281. The van der Waals surface area contributed by atoms with E-state index in [0.29, 0.717) is 5.25 Å². The topological polar surface area (TPSA) is 24.7 Å². The van der Waals surface area contributed by atoms with Crippen molar-refractivity contribution in [2.24, 2.45) is 8.73 Å². The molecule has 0 bridgehead atoms. The van der Waals surface area contributed by atoms with Crippen LogP contribution in [-0.4, -0.2) is 18.3 Å². The zero-order valence-electron chi connectivity index (χ0n) is 6.04. The molecule has 9 heavy (non-hydrogen) atoms. The third kappa shape index (κ3) is 1.97. The second kappa shape index (κ2) is 3.20. The first-order chi connectivity index (χ1) is 4.30. The van der Waals surface area contributed by atoms with Crippen LogP contribution in [0.2, 0.25) is 0 Å². The predicted molar refractivity (Wildman–Crippen MR) is 43.1 cm³/mol. The van der Waals surface area contributed by atoms with Crippen LogP contribution in [0.5, 0.6) is 0 Å². The van der Waals surface area contributed by atoms with Crippen LogP contribution in [0.15, 0.2) is 8.73 Å². The highest BCUT2D eigenvalue weighted by atomic mass is 32.2. The summed E-state index contributed by atoms with van der Waals surface area (Å²) >= 11 is 0. The van der Waals surface area contributed by atoms with Crippen LogP contribution in [0.4, 0.5) is 0 Å². The molecule has 0 aromatic heterocycles. The van der Waals surface area contributed by atoms with Crippen molar-refractivity contribution in [1.82, 2.24) is 0 Å². The average Bonchev–Trinajstić information content (AvgIpc) is 1.90. The standard InChI is InChI=1S/C6H14N2S/c1-6(2)9-7-4-3-5-8-9/h6,9H,3-5H2,1-2H3. The molecule has 0 spiro atoms. The highest BCUT2D eigenvalue weighted by Gasteiger charge is 1.95. The van der Waals surface area contributed by atoms with Gasteiger partial charge in [-0.1, -0.05) is 24.3 Å². The Labute approximate surface area is 58.5 Å². The molecule has 1 rings (SSSR count). The lowest BCUT2D eigenvalue weighted by molar-refractivity contribution is 0.837. The molecule has 3 heteroatoms. The van der Waals surface area contributed by atoms with Crippen molar-refractivity contribution in [2.75, 3.05) is 13.1 Å². The summed E-state index contributed by atoms with van der Waals surface area (Å²) < 4.78 is 8.85. The maximum Gasteiger partial charge on any atom is 0.0483 e. The van der Waals surface area contributed by atoms with Crippen molar-refractivity contribution in [3.05, 3.63) is 0 Å². The summed E-state index contributed by atoms with van der Waals surface area (Å²) in [4.78, 5) is 0. The van der Waals surface area contributed by atoms with Gasteiger partial charge in [0, 0.05) is 18.3 Å². The second-order valence-corrected chi connectivity index (χ2v) is 4.74. The van der Waals surface area contributed by atoms with Gasteiger partial charge in [-0.3, -0.25) is 8.73 Å². The van der Waals surface area contributed by atoms with Gasteiger partial charge in [-0.15, -0.1) is 0 Å². The summed E-state index contributed by atoms with van der Waals surface area (Å²) in [6.45, 7) is 6.49. The Morgan fingerprint density at radius 1 is 1.22 bits per heavy atom. The van der Waals surface area contributed by atoms with E-state index in [-0.39, 0.29) is 10.5 Å². The number of rotatable bonds is 1. The molecule has 0 aromatic rings. The Kier molecular flexibility index (Phi) is 2.51. The van der Waals surface area contributed by atoms with E-state index in [1.54, 1.807) is 0 Å². The summed E-state index contributed by atoms with van der Waals surface area (Å²) in [7, 11) is -0.281. The van der Waals surface area contributed by atoms with Crippen molar-refractivity contribution in [2.45, 2.75) is 25.5 Å². The smallest absolute Gasteiger partial charge is 0.0483 e. The summed E-state index contributed by atoms with van der Waals surface area (Å²) in [5, 5.41) is 0.667. The minimum atomic E-state index is -0.281. The molecule has 1 heterocycles. The van der Waals surface area contributed by atoms with Gasteiger partial charge in [0.25, 0.3) is 0 Å². The molecule has 2 nitrogen and oxygen atoms in total. The fraction of sp³-hybridized carbons (Fsp3) is 1.00. The molecule has 0 aliphatic carbocycles. The van der Waals surface area contributed by atoms with Crippen LogP contribution in [-0.2, 0) is 10.5 Å². The number of nitrogens with zero attached hydrogens (tertiary/aromatic N) is 2. The van der Waals surface area contributed by atoms with Crippen molar-refractivity contribution in [1.29, 1.82) is 0 Å². The van der Waals surface area contributed by atoms with Gasteiger partial charge in [-0.2, -0.15) is 0 Å². The summed E-state index contributed by atoms with van der Waals surface area (Å²) in [5.74, 6) is 0.